The van der Waals surface area contributed by atoms with Crippen molar-refractivity contribution in [2.45, 2.75) is 44.9 Å². The zero-order valence-electron chi connectivity index (χ0n) is 19.8. The summed E-state index contributed by atoms with van der Waals surface area (Å²) in [6, 6.07) is 11.9. The van der Waals surface area contributed by atoms with E-state index < -0.39 is 23.5 Å². The van der Waals surface area contributed by atoms with Crippen molar-refractivity contribution >= 4 is 34.6 Å². The Morgan fingerprint density at radius 3 is 2.49 bits per heavy atom. The molecule has 4 aromatic rings. The van der Waals surface area contributed by atoms with Crippen LogP contribution in [0.1, 0.15) is 47.9 Å². The Kier molecular flexibility index (Phi) is 6.53. The lowest BCUT2D eigenvalue weighted by Gasteiger charge is -2.32. The molecule has 0 amide bonds. The SMILES string of the molecule is C[C@@H](Nc1nc(C(=O)O)nc2nc(-c3cccc(Cl)c3)n(Cc3ccc(C(F)(F)F)cc3)c12)C1CCC1. The Morgan fingerprint density at radius 1 is 1.16 bits per heavy atom. The molecule has 0 unspecified atom stereocenters. The Hall–Kier alpha value is -3.66. The van der Waals surface area contributed by atoms with E-state index in [0.29, 0.717) is 39.2 Å². The van der Waals surface area contributed by atoms with E-state index >= 15 is 0 Å². The van der Waals surface area contributed by atoms with Crippen LogP contribution in [-0.4, -0.2) is 36.6 Å². The number of nitrogens with one attached hydrogen (secondary N) is 1. The third-order valence-corrected chi connectivity index (χ3v) is 6.96. The normalized spacial score (nSPS) is 14.9. The number of nitrogens with zero attached hydrogens (tertiary/aromatic N) is 4. The molecule has 11 heteroatoms. The highest BCUT2D eigenvalue weighted by molar-refractivity contribution is 6.30. The molecule has 0 bridgehead atoms. The van der Waals surface area contributed by atoms with Gasteiger partial charge in [0.2, 0.25) is 5.82 Å². The minimum Gasteiger partial charge on any atom is -0.475 e. The van der Waals surface area contributed by atoms with Crippen LogP contribution in [0.3, 0.4) is 0 Å². The standard InChI is InChI=1S/C26H23ClF3N5O2/c1-14(16-4-2-5-16)31-21-20-22(33-23(32-21)25(36)37)34-24(17-6-3-7-19(27)12-17)35(20)13-15-8-10-18(11-9-15)26(28,29)30/h3,6-12,14,16H,2,4-5,13H2,1H3,(H,36,37)(H,31,32,33)/t14-/m1/s1. The third-order valence-electron chi connectivity index (χ3n) is 6.72. The van der Waals surface area contributed by atoms with Gasteiger partial charge in [0, 0.05) is 23.2 Å². The van der Waals surface area contributed by atoms with E-state index in [1.807, 2.05) is 6.92 Å². The quantitative estimate of drug-likeness (QED) is 0.283. The van der Waals surface area contributed by atoms with Crippen LogP contribution in [0, 0.1) is 5.92 Å². The van der Waals surface area contributed by atoms with Gasteiger partial charge >= 0.3 is 12.1 Å². The van der Waals surface area contributed by atoms with Crippen molar-refractivity contribution in [3.05, 3.63) is 70.5 Å². The lowest BCUT2D eigenvalue weighted by molar-refractivity contribution is -0.137. The first-order valence-corrected chi connectivity index (χ1v) is 12.2. The van der Waals surface area contributed by atoms with Gasteiger partial charge < -0.3 is 15.0 Å². The highest BCUT2D eigenvalue weighted by Crippen LogP contribution is 2.35. The van der Waals surface area contributed by atoms with Crippen molar-refractivity contribution in [3.63, 3.8) is 0 Å². The highest BCUT2D eigenvalue weighted by Gasteiger charge is 2.30. The number of carboxylic acid groups (broad SMARTS) is 1. The summed E-state index contributed by atoms with van der Waals surface area (Å²) >= 11 is 6.23. The van der Waals surface area contributed by atoms with Gasteiger partial charge in [-0.3, -0.25) is 0 Å². The lowest BCUT2D eigenvalue weighted by Crippen LogP contribution is -2.31. The van der Waals surface area contributed by atoms with Crippen molar-refractivity contribution in [3.8, 4) is 11.4 Å². The van der Waals surface area contributed by atoms with Crippen molar-refractivity contribution < 1.29 is 23.1 Å². The van der Waals surface area contributed by atoms with Crippen molar-refractivity contribution in [1.29, 1.82) is 0 Å². The summed E-state index contributed by atoms with van der Waals surface area (Å²) in [5.74, 6) is -0.504. The van der Waals surface area contributed by atoms with Crippen LogP contribution in [0.2, 0.25) is 5.02 Å². The van der Waals surface area contributed by atoms with Gasteiger partial charge in [-0.15, -0.1) is 0 Å². The Bertz CT molecular complexity index is 1470. The fourth-order valence-electron chi connectivity index (χ4n) is 4.49. The first kappa shape index (κ1) is 25.0. The van der Waals surface area contributed by atoms with E-state index in [2.05, 4.69) is 20.3 Å². The van der Waals surface area contributed by atoms with Crippen LogP contribution < -0.4 is 5.32 Å². The van der Waals surface area contributed by atoms with Gasteiger partial charge in [0.05, 0.1) is 5.56 Å². The van der Waals surface area contributed by atoms with Gasteiger partial charge in [-0.25, -0.2) is 19.7 Å². The van der Waals surface area contributed by atoms with E-state index in [0.717, 1.165) is 31.4 Å². The van der Waals surface area contributed by atoms with Gasteiger partial charge in [0.25, 0.3) is 0 Å². The molecule has 1 atom stereocenters. The number of carboxylic acids is 1. The molecule has 1 saturated carbocycles. The van der Waals surface area contributed by atoms with Crippen LogP contribution in [0.15, 0.2) is 48.5 Å². The largest absolute Gasteiger partial charge is 0.475 e. The zero-order chi connectivity index (χ0) is 26.3. The van der Waals surface area contributed by atoms with Gasteiger partial charge in [0.15, 0.2) is 11.5 Å². The highest BCUT2D eigenvalue weighted by atomic mass is 35.5. The summed E-state index contributed by atoms with van der Waals surface area (Å²) in [7, 11) is 0. The first-order chi connectivity index (χ1) is 17.6. The lowest BCUT2D eigenvalue weighted by atomic mass is 9.80. The second-order valence-electron chi connectivity index (χ2n) is 9.22. The molecule has 2 N–H and O–H groups in total. The summed E-state index contributed by atoms with van der Waals surface area (Å²) in [6.07, 6.45) is -1.18. The van der Waals surface area contributed by atoms with Crippen LogP contribution in [0.4, 0.5) is 19.0 Å². The number of rotatable bonds is 7. The zero-order valence-corrected chi connectivity index (χ0v) is 20.5. The first-order valence-electron chi connectivity index (χ1n) is 11.8. The minimum absolute atomic E-state index is 0.0255. The van der Waals surface area contributed by atoms with E-state index in [-0.39, 0.29) is 18.2 Å². The smallest absolute Gasteiger partial charge is 0.416 e. The molecule has 2 aromatic carbocycles. The summed E-state index contributed by atoms with van der Waals surface area (Å²) in [4.78, 5) is 24.9. The maximum atomic E-state index is 13.1. The number of hydrogen-bond donors (Lipinski definition) is 2. The molecule has 7 nitrogen and oxygen atoms in total. The molecule has 0 saturated heterocycles. The van der Waals surface area contributed by atoms with Crippen molar-refractivity contribution in [1.82, 2.24) is 19.5 Å². The number of aromatic nitrogens is 4. The Balaban J connectivity index is 1.68. The van der Waals surface area contributed by atoms with E-state index in [9.17, 15) is 23.1 Å². The Morgan fingerprint density at radius 2 is 1.89 bits per heavy atom. The molecular formula is C26H23ClF3N5O2. The van der Waals surface area contributed by atoms with Crippen LogP contribution in [0.25, 0.3) is 22.6 Å². The van der Waals surface area contributed by atoms with Gasteiger partial charge in [-0.05, 0) is 55.5 Å². The summed E-state index contributed by atoms with van der Waals surface area (Å²) in [6.45, 7) is 2.17. The molecule has 0 radical (unpaired) electrons. The monoisotopic (exact) mass is 529 g/mol. The van der Waals surface area contributed by atoms with Gasteiger partial charge in [0.1, 0.15) is 11.3 Å². The molecule has 192 valence electrons. The van der Waals surface area contributed by atoms with Crippen molar-refractivity contribution in [2.24, 2.45) is 5.92 Å². The third kappa shape index (κ3) is 5.11. The van der Waals surface area contributed by atoms with Crippen LogP contribution >= 0.6 is 11.6 Å². The maximum absolute atomic E-state index is 13.1. The molecule has 37 heavy (non-hydrogen) atoms. The average Bonchev–Trinajstić information content (AvgIpc) is 3.16. The molecule has 0 aliphatic heterocycles. The summed E-state index contributed by atoms with van der Waals surface area (Å²) < 4.78 is 41.1. The predicted octanol–water partition coefficient (Wildman–Crippen LogP) is 6.51. The van der Waals surface area contributed by atoms with Gasteiger partial charge in [-0.2, -0.15) is 13.2 Å². The number of hydrogen-bond acceptors (Lipinski definition) is 5. The number of carbonyl (C=O) groups is 1. The number of aromatic carboxylic acids is 1. The molecule has 1 aliphatic rings. The topological polar surface area (TPSA) is 92.9 Å². The molecule has 2 heterocycles. The molecule has 1 fully saturated rings. The number of halogens is 4. The molecule has 0 spiro atoms. The maximum Gasteiger partial charge on any atom is 0.416 e. The second kappa shape index (κ2) is 9.66. The van der Waals surface area contributed by atoms with Crippen molar-refractivity contribution in [2.75, 3.05) is 5.32 Å². The number of benzene rings is 2. The fraction of sp³-hybridized carbons (Fsp3) is 0.308. The van der Waals surface area contributed by atoms with Gasteiger partial charge in [-0.1, -0.05) is 42.3 Å². The molecule has 2 aromatic heterocycles. The number of anilines is 1. The Labute approximate surface area is 215 Å². The molecule has 5 rings (SSSR count). The fourth-order valence-corrected chi connectivity index (χ4v) is 4.68. The number of imidazole rings is 1. The molecule has 1 aliphatic carbocycles. The summed E-state index contributed by atoms with van der Waals surface area (Å²) in [5, 5.41) is 13.5. The van der Waals surface area contributed by atoms with E-state index in [4.69, 9.17) is 11.6 Å². The van der Waals surface area contributed by atoms with Crippen LogP contribution in [-0.2, 0) is 12.7 Å². The minimum atomic E-state index is -4.44. The number of alkyl halides is 3. The molecular weight excluding hydrogens is 507 g/mol. The number of fused-ring (bicyclic) bond motifs is 1. The second-order valence-corrected chi connectivity index (χ2v) is 9.66. The summed E-state index contributed by atoms with van der Waals surface area (Å²) in [5.41, 5.74) is 1.12. The predicted molar refractivity (Wildman–Crippen MR) is 134 cm³/mol. The van der Waals surface area contributed by atoms with E-state index in [1.165, 1.54) is 12.1 Å². The van der Waals surface area contributed by atoms with E-state index in [1.54, 1.807) is 28.8 Å². The average molecular weight is 530 g/mol. The van der Waals surface area contributed by atoms with Crippen LogP contribution in [0.5, 0.6) is 0 Å².